The van der Waals surface area contributed by atoms with Crippen LogP contribution >= 0.6 is 24.0 Å². The largest absolute Gasteiger partial charge is 0.354 e. The maximum Gasteiger partial charge on any atom is 0.240 e. The Labute approximate surface area is 161 Å². The van der Waals surface area contributed by atoms with Crippen LogP contribution in [-0.2, 0) is 11.3 Å². The molecular formula is C19H20N4OS2. The smallest absolute Gasteiger partial charge is 0.240 e. The number of benzene rings is 2. The summed E-state index contributed by atoms with van der Waals surface area (Å²) >= 11 is 7.00. The number of hydrogen-bond acceptors (Lipinski definition) is 4. The third kappa shape index (κ3) is 4.83. The quantitative estimate of drug-likeness (QED) is 0.369. The zero-order valence-electron chi connectivity index (χ0n) is 14.4. The van der Waals surface area contributed by atoms with E-state index in [4.69, 9.17) is 12.2 Å². The van der Waals surface area contributed by atoms with Crippen molar-refractivity contribution in [2.24, 2.45) is 0 Å². The highest BCUT2D eigenvalue weighted by Gasteiger charge is 2.12. The van der Waals surface area contributed by atoms with Crippen LogP contribution in [0, 0.1) is 11.7 Å². The normalized spacial score (nSPS) is 10.7. The molecular weight excluding hydrogens is 364 g/mol. The van der Waals surface area contributed by atoms with E-state index in [2.05, 4.69) is 27.6 Å². The fourth-order valence-corrected chi connectivity index (χ4v) is 3.53. The van der Waals surface area contributed by atoms with Crippen molar-refractivity contribution in [1.82, 2.24) is 20.1 Å². The van der Waals surface area contributed by atoms with Crippen LogP contribution in [0.5, 0.6) is 0 Å². The Hall–Kier alpha value is -2.38. The van der Waals surface area contributed by atoms with Gasteiger partial charge < -0.3 is 5.32 Å². The molecule has 1 heterocycles. The number of hydrogen-bond donors (Lipinski definition) is 2. The number of carbonyl (C=O) groups excluding carboxylic acids is 1. The Morgan fingerprint density at radius 2 is 2.04 bits per heavy atom. The van der Waals surface area contributed by atoms with Gasteiger partial charge in [0, 0.05) is 22.8 Å². The summed E-state index contributed by atoms with van der Waals surface area (Å²) in [7, 11) is 0. The topological polar surface area (TPSA) is 62.7 Å². The Balaban J connectivity index is 1.58. The van der Waals surface area contributed by atoms with Crippen molar-refractivity contribution < 1.29 is 4.79 Å². The number of amides is 1. The van der Waals surface area contributed by atoms with Gasteiger partial charge in [-0.25, -0.2) is 0 Å². The minimum absolute atomic E-state index is 0.0786. The van der Waals surface area contributed by atoms with E-state index in [9.17, 15) is 4.79 Å². The standard InChI is InChI=1S/C19H20N4OS2/c1-14-6-5-7-15(12-14)18-21-22-19(25)23(18)13-17(24)20-10-11-26-16-8-3-2-4-9-16/h2-9,12H,10-11,13H2,1H3,(H,20,24)(H,22,25). The molecule has 0 bridgehead atoms. The average molecular weight is 385 g/mol. The zero-order valence-corrected chi connectivity index (χ0v) is 16.1. The summed E-state index contributed by atoms with van der Waals surface area (Å²) in [5.41, 5.74) is 2.06. The molecule has 3 aromatic rings. The van der Waals surface area contributed by atoms with E-state index in [0.29, 0.717) is 17.1 Å². The predicted molar refractivity (Wildman–Crippen MR) is 108 cm³/mol. The molecule has 1 amide bonds. The van der Waals surface area contributed by atoms with Gasteiger partial charge in [-0.2, -0.15) is 5.10 Å². The summed E-state index contributed by atoms with van der Waals surface area (Å²) in [6.07, 6.45) is 0. The molecule has 0 saturated heterocycles. The summed E-state index contributed by atoms with van der Waals surface area (Å²) < 4.78 is 2.17. The minimum atomic E-state index is -0.0786. The van der Waals surface area contributed by atoms with Crippen LogP contribution in [0.3, 0.4) is 0 Å². The first kappa shape index (κ1) is 18.4. The maximum atomic E-state index is 12.3. The first-order chi connectivity index (χ1) is 12.6. The van der Waals surface area contributed by atoms with Gasteiger partial charge in [-0.1, -0.05) is 42.0 Å². The van der Waals surface area contributed by atoms with Gasteiger partial charge in [-0.3, -0.25) is 14.5 Å². The number of aryl methyl sites for hydroxylation is 1. The molecule has 0 aliphatic rings. The summed E-state index contributed by atoms with van der Waals surface area (Å²) in [6, 6.07) is 18.1. The maximum absolute atomic E-state index is 12.3. The lowest BCUT2D eigenvalue weighted by atomic mass is 10.1. The molecule has 5 nitrogen and oxygen atoms in total. The molecule has 26 heavy (non-hydrogen) atoms. The van der Waals surface area contributed by atoms with Crippen molar-refractivity contribution in [3.05, 3.63) is 64.9 Å². The molecule has 134 valence electrons. The Bertz CT molecular complexity index is 934. The fourth-order valence-electron chi connectivity index (χ4n) is 2.54. The Morgan fingerprint density at radius 3 is 2.81 bits per heavy atom. The van der Waals surface area contributed by atoms with Gasteiger partial charge in [0.25, 0.3) is 0 Å². The monoisotopic (exact) mass is 384 g/mol. The van der Waals surface area contributed by atoms with Crippen LogP contribution in [-0.4, -0.2) is 33.0 Å². The Morgan fingerprint density at radius 1 is 1.23 bits per heavy atom. The lowest BCUT2D eigenvalue weighted by Gasteiger charge is -2.09. The number of aromatic nitrogens is 3. The first-order valence-electron chi connectivity index (χ1n) is 8.30. The lowest BCUT2D eigenvalue weighted by molar-refractivity contribution is -0.121. The van der Waals surface area contributed by atoms with Crippen molar-refractivity contribution in [2.75, 3.05) is 12.3 Å². The molecule has 1 aromatic heterocycles. The van der Waals surface area contributed by atoms with E-state index in [1.54, 1.807) is 16.3 Å². The van der Waals surface area contributed by atoms with Gasteiger partial charge in [-0.15, -0.1) is 11.8 Å². The third-order valence-corrected chi connectivity index (χ3v) is 5.10. The molecule has 2 aromatic carbocycles. The second-order valence-corrected chi connectivity index (χ2v) is 7.37. The first-order valence-corrected chi connectivity index (χ1v) is 9.69. The van der Waals surface area contributed by atoms with Crippen molar-refractivity contribution >= 4 is 29.9 Å². The molecule has 0 unspecified atom stereocenters. The molecule has 3 rings (SSSR count). The number of nitrogens with zero attached hydrogens (tertiary/aromatic N) is 2. The van der Waals surface area contributed by atoms with Crippen LogP contribution in [0.15, 0.2) is 59.5 Å². The van der Waals surface area contributed by atoms with E-state index in [0.717, 1.165) is 16.9 Å². The van der Waals surface area contributed by atoms with Crippen LogP contribution in [0.4, 0.5) is 0 Å². The molecule has 0 radical (unpaired) electrons. The predicted octanol–water partition coefficient (Wildman–Crippen LogP) is 3.82. The molecule has 7 heteroatoms. The molecule has 0 saturated carbocycles. The lowest BCUT2D eigenvalue weighted by Crippen LogP contribution is -2.29. The van der Waals surface area contributed by atoms with Crippen LogP contribution < -0.4 is 5.32 Å². The summed E-state index contributed by atoms with van der Waals surface area (Å²) in [5, 5.41) is 10.00. The van der Waals surface area contributed by atoms with Gasteiger partial charge in [0.2, 0.25) is 5.91 Å². The van der Waals surface area contributed by atoms with E-state index in [-0.39, 0.29) is 12.5 Å². The van der Waals surface area contributed by atoms with Crippen molar-refractivity contribution in [2.45, 2.75) is 18.4 Å². The Kier molecular flexibility index (Phi) is 6.25. The van der Waals surface area contributed by atoms with Gasteiger partial charge in [0.1, 0.15) is 6.54 Å². The molecule has 0 spiro atoms. The van der Waals surface area contributed by atoms with E-state index < -0.39 is 0 Å². The summed E-state index contributed by atoms with van der Waals surface area (Å²) in [6.45, 7) is 2.77. The molecule has 0 atom stereocenters. The van der Waals surface area contributed by atoms with Crippen molar-refractivity contribution in [3.63, 3.8) is 0 Å². The highest BCUT2D eigenvalue weighted by Crippen LogP contribution is 2.18. The number of nitrogens with one attached hydrogen (secondary N) is 2. The number of thioether (sulfide) groups is 1. The molecule has 2 N–H and O–H groups in total. The van der Waals surface area contributed by atoms with Gasteiger partial charge in [-0.05, 0) is 37.3 Å². The van der Waals surface area contributed by atoms with Crippen molar-refractivity contribution in [3.8, 4) is 11.4 Å². The highest BCUT2D eigenvalue weighted by molar-refractivity contribution is 7.99. The van der Waals surface area contributed by atoms with E-state index >= 15 is 0 Å². The number of H-pyrrole nitrogens is 1. The summed E-state index contributed by atoms with van der Waals surface area (Å²) in [4.78, 5) is 13.5. The third-order valence-electron chi connectivity index (χ3n) is 3.77. The van der Waals surface area contributed by atoms with Crippen LogP contribution in [0.25, 0.3) is 11.4 Å². The zero-order chi connectivity index (χ0) is 18.4. The van der Waals surface area contributed by atoms with Crippen molar-refractivity contribution in [1.29, 1.82) is 0 Å². The molecule has 0 fully saturated rings. The minimum Gasteiger partial charge on any atom is -0.354 e. The van der Waals surface area contributed by atoms with Gasteiger partial charge in [0.15, 0.2) is 10.6 Å². The number of rotatable bonds is 7. The van der Waals surface area contributed by atoms with Gasteiger partial charge in [0.05, 0.1) is 0 Å². The second kappa shape index (κ2) is 8.82. The number of aromatic amines is 1. The van der Waals surface area contributed by atoms with Crippen LogP contribution in [0.1, 0.15) is 5.56 Å². The SMILES string of the molecule is Cc1cccc(-c2n[nH]c(=S)n2CC(=O)NCCSc2ccccc2)c1. The fraction of sp³-hybridized carbons (Fsp3) is 0.211. The van der Waals surface area contributed by atoms with Crippen LogP contribution in [0.2, 0.25) is 0 Å². The number of carbonyl (C=O) groups is 1. The van der Waals surface area contributed by atoms with E-state index in [1.807, 2.05) is 49.4 Å². The average Bonchev–Trinajstić information content (AvgIpc) is 3.00. The molecule has 0 aliphatic heterocycles. The van der Waals surface area contributed by atoms with E-state index in [1.165, 1.54) is 4.90 Å². The highest BCUT2D eigenvalue weighted by atomic mass is 32.2. The summed E-state index contributed by atoms with van der Waals surface area (Å²) in [5.74, 6) is 1.41. The second-order valence-electron chi connectivity index (χ2n) is 5.82. The van der Waals surface area contributed by atoms with Gasteiger partial charge >= 0.3 is 0 Å². The molecule has 0 aliphatic carbocycles.